The second-order valence-corrected chi connectivity index (χ2v) is 8.46. The first-order chi connectivity index (χ1) is 15.5. The summed E-state index contributed by atoms with van der Waals surface area (Å²) in [7, 11) is 1.59. The number of fused-ring (bicyclic) bond motifs is 2. The number of hydrogen-bond acceptors (Lipinski definition) is 5. The van der Waals surface area contributed by atoms with Crippen LogP contribution < -0.4 is 15.5 Å². The number of ether oxygens (including phenoxy) is 1. The van der Waals surface area contributed by atoms with Gasteiger partial charge in [0.15, 0.2) is 5.76 Å². The molecule has 1 fully saturated rings. The van der Waals surface area contributed by atoms with E-state index in [0.717, 1.165) is 48.3 Å². The van der Waals surface area contributed by atoms with E-state index in [1.165, 1.54) is 11.3 Å². The first-order valence-electron chi connectivity index (χ1n) is 10.9. The van der Waals surface area contributed by atoms with Crippen LogP contribution >= 0.6 is 0 Å². The molecule has 3 aromatic rings. The fourth-order valence-electron chi connectivity index (χ4n) is 4.48. The normalized spacial score (nSPS) is 16.0. The van der Waals surface area contributed by atoms with Crippen LogP contribution in [0.3, 0.4) is 0 Å². The van der Waals surface area contributed by atoms with Crippen molar-refractivity contribution in [2.24, 2.45) is 0 Å². The summed E-state index contributed by atoms with van der Waals surface area (Å²) in [5.41, 5.74) is 12.7. The number of anilines is 3. The predicted octanol–water partition coefficient (Wildman–Crippen LogP) is 4.84. The summed E-state index contributed by atoms with van der Waals surface area (Å²) in [5, 5.41) is 0. The van der Waals surface area contributed by atoms with E-state index in [-0.39, 0.29) is 12.6 Å². The molecule has 3 heterocycles. The summed E-state index contributed by atoms with van der Waals surface area (Å²) in [6, 6.07) is 15.8. The van der Waals surface area contributed by atoms with Crippen LogP contribution in [-0.4, -0.2) is 32.8 Å². The Labute approximate surface area is 187 Å². The van der Waals surface area contributed by atoms with Crippen molar-refractivity contribution in [3.63, 3.8) is 0 Å². The number of methoxy groups -OCH3 is 1. The van der Waals surface area contributed by atoms with Gasteiger partial charge in [0.05, 0.1) is 5.69 Å². The van der Waals surface area contributed by atoms with Gasteiger partial charge in [-0.25, -0.2) is 0 Å². The average molecular weight is 430 g/mol. The molecule has 0 bridgehead atoms. The average Bonchev–Trinajstić information content (AvgIpc) is 3.18. The van der Waals surface area contributed by atoms with E-state index < -0.39 is 0 Å². The summed E-state index contributed by atoms with van der Waals surface area (Å²) in [6.45, 7) is 6.22. The lowest BCUT2D eigenvalue weighted by Crippen LogP contribution is -2.33. The third kappa shape index (κ3) is 3.67. The molecule has 0 saturated carbocycles. The summed E-state index contributed by atoms with van der Waals surface area (Å²) >= 11 is 0. The smallest absolute Gasteiger partial charge is 0.296 e. The van der Waals surface area contributed by atoms with Gasteiger partial charge in [-0.05, 0) is 66.9 Å². The Kier molecular flexibility index (Phi) is 5.23. The molecule has 32 heavy (non-hydrogen) atoms. The van der Waals surface area contributed by atoms with Crippen LogP contribution in [0.15, 0.2) is 65.1 Å². The van der Waals surface area contributed by atoms with Crippen LogP contribution in [-0.2, 0) is 11.2 Å². The van der Waals surface area contributed by atoms with Crippen LogP contribution in [0, 0.1) is 0 Å². The maximum Gasteiger partial charge on any atom is 0.296 e. The molecule has 1 saturated heterocycles. The third-order valence-electron chi connectivity index (χ3n) is 6.27. The molecule has 0 atom stereocenters. The lowest BCUT2D eigenvalue weighted by atomic mass is 10.0. The van der Waals surface area contributed by atoms with Crippen molar-refractivity contribution in [3.8, 4) is 11.3 Å². The number of benzene rings is 2. The molecule has 2 aliphatic rings. The van der Waals surface area contributed by atoms with Gasteiger partial charge in [0.25, 0.3) is 5.91 Å². The largest absolute Gasteiger partial charge is 0.451 e. The van der Waals surface area contributed by atoms with Crippen LogP contribution in [0.5, 0.6) is 0 Å². The van der Waals surface area contributed by atoms with E-state index in [4.69, 9.17) is 14.9 Å². The molecule has 6 nitrogen and oxygen atoms in total. The number of furan rings is 1. The number of nitrogen functional groups attached to an aromatic ring is 1. The first-order valence-corrected chi connectivity index (χ1v) is 10.9. The Balaban J connectivity index is 1.55. The van der Waals surface area contributed by atoms with Crippen LogP contribution in [0.2, 0.25) is 0 Å². The number of piperidine rings is 1. The fraction of sp³-hybridized carbons (Fsp3) is 0.269. The van der Waals surface area contributed by atoms with Crippen LogP contribution in [0.4, 0.5) is 17.1 Å². The van der Waals surface area contributed by atoms with Gasteiger partial charge in [0.1, 0.15) is 12.5 Å². The predicted molar refractivity (Wildman–Crippen MR) is 127 cm³/mol. The second-order valence-electron chi connectivity index (χ2n) is 8.46. The molecule has 5 rings (SSSR count). The lowest BCUT2D eigenvalue weighted by Gasteiger charge is -2.31. The van der Waals surface area contributed by atoms with E-state index in [9.17, 15) is 4.79 Å². The van der Waals surface area contributed by atoms with E-state index >= 15 is 0 Å². The van der Waals surface area contributed by atoms with Crippen molar-refractivity contribution in [1.82, 2.24) is 0 Å². The van der Waals surface area contributed by atoms with Gasteiger partial charge in [-0.15, -0.1) is 0 Å². The molecule has 2 aliphatic heterocycles. The molecule has 2 aromatic carbocycles. The zero-order valence-electron chi connectivity index (χ0n) is 18.3. The van der Waals surface area contributed by atoms with Crippen molar-refractivity contribution in [2.75, 3.05) is 42.5 Å². The summed E-state index contributed by atoms with van der Waals surface area (Å²) in [5.74, 6) is 0.833. The fourth-order valence-corrected chi connectivity index (χ4v) is 4.48. The molecule has 0 spiro atoms. The van der Waals surface area contributed by atoms with Gasteiger partial charge in [-0.3, -0.25) is 9.69 Å². The van der Waals surface area contributed by atoms with Crippen molar-refractivity contribution >= 4 is 23.0 Å². The van der Waals surface area contributed by atoms with Gasteiger partial charge in [0.2, 0.25) is 0 Å². The van der Waals surface area contributed by atoms with Crippen LogP contribution in [0.1, 0.15) is 34.5 Å². The minimum absolute atomic E-state index is 0.159. The molecule has 0 radical (unpaired) electrons. The number of carbonyl (C=O) groups is 1. The highest BCUT2D eigenvalue weighted by Crippen LogP contribution is 2.37. The highest BCUT2D eigenvalue weighted by molar-refractivity contribution is 6.07. The Hall–Kier alpha value is -3.51. The zero-order valence-corrected chi connectivity index (χ0v) is 18.3. The molecule has 164 valence electrons. The molecule has 1 amide bonds. The molecular weight excluding hydrogens is 402 g/mol. The van der Waals surface area contributed by atoms with Gasteiger partial charge in [-0.2, -0.15) is 0 Å². The molecule has 0 aliphatic carbocycles. The summed E-state index contributed by atoms with van der Waals surface area (Å²) in [6.07, 6.45) is 2.65. The Morgan fingerprint density at radius 3 is 2.53 bits per heavy atom. The summed E-state index contributed by atoms with van der Waals surface area (Å²) in [4.78, 5) is 17.5. The first kappa shape index (κ1) is 20.4. The maximum atomic E-state index is 13.4. The van der Waals surface area contributed by atoms with Crippen LogP contribution in [0.25, 0.3) is 11.3 Å². The van der Waals surface area contributed by atoms with Gasteiger partial charge >= 0.3 is 0 Å². The minimum Gasteiger partial charge on any atom is -0.451 e. The van der Waals surface area contributed by atoms with Gasteiger partial charge in [0, 0.05) is 49.1 Å². The standard InChI is InChI=1S/C26H27N3O3/c1-17-9-11-28(12-10-17)22-7-8-23-19(14-22)13-20-15-24(18-3-5-21(27)6-4-18)32-25(20)26(30)29(23)16-31-2/h3-8,14-15H,1,9-13,16,27H2,2H3. The monoisotopic (exact) mass is 429 g/mol. The Bertz CT molecular complexity index is 1170. The highest BCUT2D eigenvalue weighted by Gasteiger charge is 2.31. The number of hydrogen-bond donors (Lipinski definition) is 1. The number of carbonyl (C=O) groups excluding carboxylic acids is 1. The van der Waals surface area contributed by atoms with E-state index in [1.807, 2.05) is 36.4 Å². The zero-order chi connectivity index (χ0) is 22.2. The SMILES string of the molecule is C=C1CCN(c2ccc3c(c2)Cc2cc(-c4ccc(N)cc4)oc2C(=O)N3COC)CC1. The second kappa shape index (κ2) is 8.20. The molecule has 0 unspecified atom stereocenters. The van der Waals surface area contributed by atoms with Gasteiger partial charge in [-0.1, -0.05) is 12.2 Å². The highest BCUT2D eigenvalue weighted by atomic mass is 16.5. The topological polar surface area (TPSA) is 71.9 Å². The quantitative estimate of drug-likeness (QED) is 0.475. The maximum absolute atomic E-state index is 13.4. The Morgan fingerprint density at radius 1 is 1.06 bits per heavy atom. The molecule has 6 heteroatoms. The molecule has 2 N–H and O–H groups in total. The third-order valence-corrected chi connectivity index (χ3v) is 6.27. The number of nitrogens with two attached hydrogens (primary N) is 1. The van der Waals surface area contributed by atoms with Gasteiger partial charge < -0.3 is 19.8 Å². The lowest BCUT2D eigenvalue weighted by molar-refractivity contribution is 0.0910. The molecular formula is C26H27N3O3. The van der Waals surface area contributed by atoms with E-state index in [0.29, 0.717) is 23.6 Å². The van der Waals surface area contributed by atoms with Crippen molar-refractivity contribution in [1.29, 1.82) is 0 Å². The molecule has 1 aromatic heterocycles. The van der Waals surface area contributed by atoms with E-state index in [2.05, 4.69) is 23.6 Å². The Morgan fingerprint density at radius 2 is 1.81 bits per heavy atom. The number of nitrogens with zero attached hydrogens (tertiary/aromatic N) is 2. The van der Waals surface area contributed by atoms with Crippen molar-refractivity contribution < 1.29 is 13.9 Å². The number of amides is 1. The minimum atomic E-state index is -0.190. The van der Waals surface area contributed by atoms with E-state index in [1.54, 1.807) is 12.0 Å². The van der Waals surface area contributed by atoms with Crippen molar-refractivity contribution in [3.05, 3.63) is 77.6 Å². The number of rotatable bonds is 4. The summed E-state index contributed by atoms with van der Waals surface area (Å²) < 4.78 is 11.5. The van der Waals surface area contributed by atoms with Crippen molar-refractivity contribution in [2.45, 2.75) is 19.3 Å².